The fourth-order valence-corrected chi connectivity index (χ4v) is 2.92. The number of carbonyl (C=O) groups excluding carboxylic acids is 3. The minimum Gasteiger partial charge on any atom is -0.447 e. The van der Waals surface area contributed by atoms with Crippen LogP contribution >= 0.6 is 0 Å². The molecule has 11 heteroatoms. The van der Waals surface area contributed by atoms with E-state index in [2.05, 4.69) is 15.0 Å². The van der Waals surface area contributed by atoms with Crippen LogP contribution in [0.2, 0.25) is 0 Å². The van der Waals surface area contributed by atoms with Crippen LogP contribution in [0, 0.1) is 0 Å². The minimum atomic E-state index is -1.18. The van der Waals surface area contributed by atoms with Crippen molar-refractivity contribution in [2.45, 2.75) is 58.5 Å². The molecule has 11 nitrogen and oxygen atoms in total. The maximum Gasteiger partial charge on any atom is 0.404 e. The maximum atomic E-state index is 13.5. The number of pyridine rings is 1. The summed E-state index contributed by atoms with van der Waals surface area (Å²) in [5.41, 5.74) is 11.5. The number of hydrogen-bond acceptors (Lipinski definition) is 8. The minimum absolute atomic E-state index is 0.189. The number of aromatic nitrogens is 1. The van der Waals surface area contributed by atoms with E-state index in [9.17, 15) is 14.4 Å². The van der Waals surface area contributed by atoms with Gasteiger partial charge in [-0.15, -0.1) is 0 Å². The second-order valence-electron chi connectivity index (χ2n) is 7.29. The molecule has 0 aliphatic rings. The zero-order valence-electron chi connectivity index (χ0n) is 19.2. The monoisotopic (exact) mass is 453 g/mol. The molecular formula is C21H35N5O6. The van der Waals surface area contributed by atoms with Crippen molar-refractivity contribution in [3.8, 4) is 0 Å². The third kappa shape index (κ3) is 9.58. The summed E-state index contributed by atoms with van der Waals surface area (Å²) < 4.78 is 15.8. The third-order valence-corrected chi connectivity index (χ3v) is 4.48. The van der Waals surface area contributed by atoms with E-state index in [0.717, 1.165) is 5.56 Å². The van der Waals surface area contributed by atoms with E-state index in [1.54, 1.807) is 29.4 Å². The molecule has 0 aliphatic carbocycles. The molecule has 1 heterocycles. The molecule has 0 spiro atoms. The fraction of sp³-hybridized carbons (Fsp3) is 0.619. The summed E-state index contributed by atoms with van der Waals surface area (Å²) in [7, 11) is 0. The van der Waals surface area contributed by atoms with Gasteiger partial charge in [0.25, 0.3) is 0 Å². The Kier molecular flexibility index (Phi) is 12.2. The first-order chi connectivity index (χ1) is 15.2. The molecule has 2 atom stereocenters. The van der Waals surface area contributed by atoms with Crippen LogP contribution in [-0.2, 0) is 30.2 Å². The van der Waals surface area contributed by atoms with E-state index in [1.807, 2.05) is 27.7 Å². The number of nitrogens with zero attached hydrogens (tertiary/aromatic N) is 2. The van der Waals surface area contributed by atoms with Gasteiger partial charge in [-0.25, -0.2) is 4.79 Å². The molecule has 5 N–H and O–H groups in total. The molecule has 1 rings (SSSR count). The maximum absolute atomic E-state index is 13.5. The molecule has 1 aromatic rings. The summed E-state index contributed by atoms with van der Waals surface area (Å²) in [6.07, 6.45) is 1.78. The Balaban J connectivity index is 3.06. The Bertz CT molecular complexity index is 712. The summed E-state index contributed by atoms with van der Waals surface area (Å²) >= 11 is 0. The predicted molar refractivity (Wildman–Crippen MR) is 117 cm³/mol. The second-order valence-corrected chi connectivity index (χ2v) is 7.29. The van der Waals surface area contributed by atoms with E-state index in [-0.39, 0.29) is 24.9 Å². The Morgan fingerprint density at radius 3 is 2.34 bits per heavy atom. The highest BCUT2D eigenvalue weighted by Crippen LogP contribution is 2.11. The molecule has 0 aliphatic heterocycles. The van der Waals surface area contributed by atoms with Crippen molar-refractivity contribution in [1.82, 2.24) is 15.2 Å². The van der Waals surface area contributed by atoms with E-state index in [1.165, 1.54) is 0 Å². The van der Waals surface area contributed by atoms with Crippen LogP contribution in [0.4, 0.5) is 4.79 Å². The van der Waals surface area contributed by atoms with Crippen molar-refractivity contribution in [1.29, 1.82) is 0 Å². The number of primary amides is 1. The number of hydrogen-bond donors (Lipinski definition) is 3. The molecule has 0 saturated carbocycles. The lowest BCUT2D eigenvalue weighted by Gasteiger charge is -2.34. The van der Waals surface area contributed by atoms with Crippen LogP contribution in [0.3, 0.4) is 0 Å². The van der Waals surface area contributed by atoms with Crippen molar-refractivity contribution >= 4 is 17.9 Å². The van der Waals surface area contributed by atoms with Crippen molar-refractivity contribution in [2.24, 2.45) is 11.5 Å². The van der Waals surface area contributed by atoms with Gasteiger partial charge in [0.15, 0.2) is 6.29 Å². The lowest BCUT2D eigenvalue weighted by atomic mass is 10.0. The van der Waals surface area contributed by atoms with Gasteiger partial charge >= 0.3 is 6.09 Å². The first-order valence-corrected chi connectivity index (χ1v) is 10.6. The molecule has 2 unspecified atom stereocenters. The highest BCUT2D eigenvalue weighted by atomic mass is 16.7. The van der Waals surface area contributed by atoms with E-state index in [4.69, 9.17) is 20.9 Å². The van der Waals surface area contributed by atoms with Crippen LogP contribution < -0.4 is 16.8 Å². The van der Waals surface area contributed by atoms with Crippen LogP contribution in [0.25, 0.3) is 0 Å². The molecule has 3 amide bonds. The summed E-state index contributed by atoms with van der Waals surface area (Å²) in [6.45, 7) is 8.05. The highest BCUT2D eigenvalue weighted by molar-refractivity contribution is 5.90. The van der Waals surface area contributed by atoms with Gasteiger partial charge in [0, 0.05) is 38.1 Å². The number of carbonyl (C=O) groups is 3. The van der Waals surface area contributed by atoms with Gasteiger partial charge in [-0.2, -0.15) is 0 Å². The summed E-state index contributed by atoms with van der Waals surface area (Å²) in [5.74, 6) is -0.979. The SMILES string of the molecule is CCOC(CN(C(=O)C(Cc1cccnc1)NC(=O)C(N)COC(N)=O)C(C)C)OCC. The van der Waals surface area contributed by atoms with Gasteiger partial charge in [0.05, 0.1) is 6.54 Å². The van der Waals surface area contributed by atoms with Gasteiger partial charge in [-0.05, 0) is 39.3 Å². The highest BCUT2D eigenvalue weighted by Gasteiger charge is 2.31. The predicted octanol–water partition coefficient (Wildman–Crippen LogP) is 0.168. The Hall–Kier alpha value is -2.76. The first kappa shape index (κ1) is 27.3. The third-order valence-electron chi connectivity index (χ3n) is 4.48. The zero-order chi connectivity index (χ0) is 24.1. The van der Waals surface area contributed by atoms with Crippen molar-refractivity contribution in [3.63, 3.8) is 0 Å². The van der Waals surface area contributed by atoms with E-state index < -0.39 is 37.0 Å². The molecule has 0 bridgehead atoms. The lowest BCUT2D eigenvalue weighted by molar-refractivity contribution is -0.163. The number of rotatable bonds is 14. The average molecular weight is 454 g/mol. The van der Waals surface area contributed by atoms with Crippen molar-refractivity contribution in [2.75, 3.05) is 26.4 Å². The number of ether oxygens (including phenoxy) is 3. The van der Waals surface area contributed by atoms with Crippen LogP contribution in [0.5, 0.6) is 0 Å². The topological polar surface area (TPSA) is 159 Å². The largest absolute Gasteiger partial charge is 0.447 e. The summed E-state index contributed by atoms with van der Waals surface area (Å²) in [4.78, 5) is 42.5. The second kappa shape index (κ2) is 14.3. The lowest BCUT2D eigenvalue weighted by Crippen LogP contribution is -2.57. The molecule has 32 heavy (non-hydrogen) atoms. The molecule has 0 saturated heterocycles. The molecule has 0 fully saturated rings. The number of nitrogens with one attached hydrogen (secondary N) is 1. The fourth-order valence-electron chi connectivity index (χ4n) is 2.92. The van der Waals surface area contributed by atoms with Crippen LogP contribution in [-0.4, -0.2) is 78.6 Å². The zero-order valence-corrected chi connectivity index (χ0v) is 19.2. The number of nitrogens with two attached hydrogens (primary N) is 2. The molecule has 1 aromatic heterocycles. The van der Waals surface area contributed by atoms with E-state index in [0.29, 0.717) is 13.2 Å². The Labute approximate surface area is 188 Å². The standard InChI is InChI=1S/C21H35N5O6/c1-5-30-18(31-6-2)12-26(14(3)4)20(28)17(10-15-8-7-9-24-11-15)25-19(27)16(22)13-32-21(23)29/h7-9,11,14,16-18H,5-6,10,12-13,22H2,1-4H3,(H2,23,29)(H,25,27). The molecule has 0 radical (unpaired) electrons. The van der Waals surface area contributed by atoms with Gasteiger partial charge in [-0.1, -0.05) is 6.07 Å². The first-order valence-electron chi connectivity index (χ1n) is 10.6. The van der Waals surface area contributed by atoms with Gasteiger partial charge < -0.3 is 35.9 Å². The molecule has 180 valence electrons. The number of amides is 3. The average Bonchev–Trinajstić information content (AvgIpc) is 2.75. The van der Waals surface area contributed by atoms with Crippen LogP contribution in [0.15, 0.2) is 24.5 Å². The summed E-state index contributed by atoms with van der Waals surface area (Å²) in [6, 6.07) is 1.24. The van der Waals surface area contributed by atoms with Gasteiger partial charge in [-0.3, -0.25) is 14.6 Å². The summed E-state index contributed by atoms with van der Waals surface area (Å²) in [5, 5.41) is 2.66. The van der Waals surface area contributed by atoms with Gasteiger partial charge in [0.2, 0.25) is 11.8 Å². The van der Waals surface area contributed by atoms with E-state index >= 15 is 0 Å². The quantitative estimate of drug-likeness (QED) is 0.336. The van der Waals surface area contributed by atoms with Crippen molar-refractivity contribution in [3.05, 3.63) is 30.1 Å². The van der Waals surface area contributed by atoms with Crippen LogP contribution in [0.1, 0.15) is 33.3 Å². The normalized spacial score (nSPS) is 13.0. The van der Waals surface area contributed by atoms with Crippen molar-refractivity contribution < 1.29 is 28.6 Å². The Morgan fingerprint density at radius 1 is 1.19 bits per heavy atom. The molecule has 0 aromatic carbocycles. The van der Waals surface area contributed by atoms with Gasteiger partial charge in [0.1, 0.15) is 18.7 Å². The molecular weight excluding hydrogens is 418 g/mol. The smallest absolute Gasteiger partial charge is 0.404 e. The Morgan fingerprint density at radius 2 is 1.84 bits per heavy atom.